The topological polar surface area (TPSA) is 90.4 Å². The van der Waals surface area contributed by atoms with E-state index in [0.29, 0.717) is 10.0 Å². The van der Waals surface area contributed by atoms with E-state index in [1.807, 2.05) is 0 Å². The molecule has 8 heteroatoms. The molecule has 1 aromatic heterocycles. The SMILES string of the molecule is Cc1cc(C(=O)N/N=C/c2cc(O)c(Br)cc2Br)n[nH]1. The summed E-state index contributed by atoms with van der Waals surface area (Å²) in [6.07, 6.45) is 1.42. The number of nitrogens with one attached hydrogen (secondary N) is 2. The largest absolute Gasteiger partial charge is 0.507 e. The molecule has 2 aromatic rings. The molecule has 0 aliphatic rings. The maximum Gasteiger partial charge on any atom is 0.291 e. The summed E-state index contributed by atoms with van der Waals surface area (Å²) in [7, 11) is 0. The van der Waals surface area contributed by atoms with Crippen LogP contribution in [0.5, 0.6) is 5.75 Å². The Morgan fingerprint density at radius 1 is 1.40 bits per heavy atom. The number of benzene rings is 1. The van der Waals surface area contributed by atoms with Gasteiger partial charge in [-0.3, -0.25) is 9.89 Å². The fourth-order valence-corrected chi connectivity index (χ4v) is 2.50. The molecule has 6 nitrogen and oxygen atoms in total. The Morgan fingerprint density at radius 3 is 2.80 bits per heavy atom. The van der Waals surface area contributed by atoms with Crippen molar-refractivity contribution >= 4 is 44.0 Å². The number of aromatic nitrogens is 2. The average Bonchev–Trinajstić information content (AvgIpc) is 2.82. The highest BCUT2D eigenvalue weighted by Crippen LogP contribution is 2.29. The second kappa shape index (κ2) is 6.19. The number of hydrogen-bond acceptors (Lipinski definition) is 4. The van der Waals surface area contributed by atoms with Gasteiger partial charge in [0.05, 0.1) is 10.7 Å². The Hall–Kier alpha value is -1.67. The first-order chi connectivity index (χ1) is 9.47. The minimum Gasteiger partial charge on any atom is -0.507 e. The normalized spacial score (nSPS) is 10.9. The Balaban J connectivity index is 2.07. The molecule has 1 heterocycles. The van der Waals surface area contributed by atoms with Crippen LogP contribution in [0.1, 0.15) is 21.7 Å². The number of nitrogens with zero attached hydrogens (tertiary/aromatic N) is 2. The molecule has 0 atom stereocenters. The van der Waals surface area contributed by atoms with Gasteiger partial charge >= 0.3 is 0 Å². The lowest BCUT2D eigenvalue weighted by Gasteiger charge is -2.02. The number of carbonyl (C=O) groups excluding carboxylic acids is 1. The van der Waals surface area contributed by atoms with E-state index >= 15 is 0 Å². The van der Waals surface area contributed by atoms with Crippen LogP contribution >= 0.6 is 31.9 Å². The predicted molar refractivity (Wildman–Crippen MR) is 81.9 cm³/mol. The third kappa shape index (κ3) is 3.45. The summed E-state index contributed by atoms with van der Waals surface area (Å²) < 4.78 is 1.30. The molecule has 0 fully saturated rings. The van der Waals surface area contributed by atoms with Gasteiger partial charge in [0.25, 0.3) is 5.91 Å². The quantitative estimate of drug-likeness (QED) is 0.545. The smallest absolute Gasteiger partial charge is 0.291 e. The molecule has 0 radical (unpaired) electrons. The van der Waals surface area contributed by atoms with Gasteiger partial charge in [0, 0.05) is 15.7 Å². The summed E-state index contributed by atoms with van der Waals surface area (Å²) in [6.45, 7) is 1.80. The number of phenols is 1. The van der Waals surface area contributed by atoms with Crippen LogP contribution in [0.2, 0.25) is 0 Å². The maximum atomic E-state index is 11.7. The molecule has 0 aliphatic carbocycles. The monoisotopic (exact) mass is 400 g/mol. The molecule has 3 N–H and O–H groups in total. The first kappa shape index (κ1) is 14.7. The zero-order chi connectivity index (χ0) is 14.7. The van der Waals surface area contributed by atoms with Crippen LogP contribution < -0.4 is 5.43 Å². The van der Waals surface area contributed by atoms with Crippen molar-refractivity contribution in [3.8, 4) is 5.75 Å². The summed E-state index contributed by atoms with van der Waals surface area (Å²) in [4.78, 5) is 11.7. The van der Waals surface area contributed by atoms with Gasteiger partial charge in [-0.15, -0.1) is 0 Å². The third-order valence-electron chi connectivity index (χ3n) is 2.37. The Kier molecular flexibility index (Phi) is 4.56. The lowest BCUT2D eigenvalue weighted by Crippen LogP contribution is -2.18. The van der Waals surface area contributed by atoms with Gasteiger partial charge in [0.2, 0.25) is 0 Å². The van der Waals surface area contributed by atoms with Gasteiger partial charge in [-0.05, 0) is 41.1 Å². The summed E-state index contributed by atoms with van der Waals surface area (Å²) in [5.41, 5.74) is 4.04. The first-order valence-electron chi connectivity index (χ1n) is 5.51. The van der Waals surface area contributed by atoms with Crippen LogP contribution in [0, 0.1) is 6.92 Å². The molecule has 0 aliphatic heterocycles. The van der Waals surface area contributed by atoms with E-state index in [-0.39, 0.29) is 11.4 Å². The first-order valence-corrected chi connectivity index (χ1v) is 7.09. The average molecular weight is 402 g/mol. The van der Waals surface area contributed by atoms with Gasteiger partial charge in [-0.25, -0.2) is 5.43 Å². The number of halogens is 2. The molecule has 20 heavy (non-hydrogen) atoms. The predicted octanol–water partition coefficient (Wildman–Crippen LogP) is 2.71. The number of carbonyl (C=O) groups is 1. The van der Waals surface area contributed by atoms with Gasteiger partial charge in [-0.1, -0.05) is 15.9 Å². The van der Waals surface area contributed by atoms with Crippen molar-refractivity contribution in [1.29, 1.82) is 0 Å². The minimum absolute atomic E-state index is 0.0869. The number of hydrazone groups is 1. The number of aromatic amines is 1. The van der Waals surface area contributed by atoms with Crippen LogP contribution in [0.3, 0.4) is 0 Å². The van der Waals surface area contributed by atoms with Crippen molar-refractivity contribution in [2.24, 2.45) is 5.10 Å². The van der Waals surface area contributed by atoms with Crippen LogP contribution in [-0.4, -0.2) is 27.4 Å². The highest BCUT2D eigenvalue weighted by atomic mass is 79.9. The number of amides is 1. The zero-order valence-electron chi connectivity index (χ0n) is 10.3. The molecular formula is C12H10Br2N4O2. The summed E-state index contributed by atoms with van der Waals surface area (Å²) in [6, 6.07) is 4.82. The summed E-state index contributed by atoms with van der Waals surface area (Å²) >= 11 is 6.53. The third-order valence-corrected chi connectivity index (χ3v) is 3.70. The number of H-pyrrole nitrogens is 1. The van der Waals surface area contributed by atoms with E-state index in [1.165, 1.54) is 12.3 Å². The Labute approximate surface area is 131 Å². The van der Waals surface area contributed by atoms with Crippen molar-refractivity contribution < 1.29 is 9.90 Å². The molecule has 0 saturated carbocycles. The molecule has 2 rings (SSSR count). The fourth-order valence-electron chi connectivity index (χ4n) is 1.40. The molecule has 0 spiro atoms. The number of hydrogen-bond donors (Lipinski definition) is 3. The molecule has 104 valence electrons. The van der Waals surface area contributed by atoms with Crippen molar-refractivity contribution in [2.75, 3.05) is 0 Å². The number of rotatable bonds is 3. The van der Waals surface area contributed by atoms with Crippen LogP contribution in [0.4, 0.5) is 0 Å². The van der Waals surface area contributed by atoms with E-state index in [9.17, 15) is 9.90 Å². The molecule has 1 amide bonds. The van der Waals surface area contributed by atoms with Gasteiger partial charge in [-0.2, -0.15) is 10.2 Å². The van der Waals surface area contributed by atoms with E-state index in [4.69, 9.17) is 0 Å². The van der Waals surface area contributed by atoms with Crippen LogP contribution in [0.25, 0.3) is 0 Å². The second-order valence-electron chi connectivity index (χ2n) is 3.96. The lowest BCUT2D eigenvalue weighted by atomic mass is 10.2. The van der Waals surface area contributed by atoms with E-state index in [0.717, 1.165) is 10.2 Å². The van der Waals surface area contributed by atoms with E-state index in [2.05, 4.69) is 52.6 Å². The molecule has 1 aromatic carbocycles. The van der Waals surface area contributed by atoms with Crippen molar-refractivity contribution in [1.82, 2.24) is 15.6 Å². The molecular weight excluding hydrogens is 392 g/mol. The molecule has 0 unspecified atom stereocenters. The van der Waals surface area contributed by atoms with Gasteiger partial charge < -0.3 is 5.11 Å². The molecule has 0 saturated heterocycles. The summed E-state index contributed by atoms with van der Waals surface area (Å²) in [5, 5.41) is 19.9. The zero-order valence-corrected chi connectivity index (χ0v) is 13.5. The van der Waals surface area contributed by atoms with E-state index in [1.54, 1.807) is 19.1 Å². The minimum atomic E-state index is -0.414. The van der Waals surface area contributed by atoms with E-state index < -0.39 is 5.91 Å². The maximum absolute atomic E-state index is 11.7. The number of aryl methyl sites for hydroxylation is 1. The van der Waals surface area contributed by atoms with Crippen LogP contribution in [0.15, 0.2) is 32.2 Å². The lowest BCUT2D eigenvalue weighted by molar-refractivity contribution is 0.0950. The fraction of sp³-hybridized carbons (Fsp3) is 0.0833. The second-order valence-corrected chi connectivity index (χ2v) is 5.67. The van der Waals surface area contributed by atoms with Crippen LogP contribution in [-0.2, 0) is 0 Å². The Morgan fingerprint density at radius 2 is 2.15 bits per heavy atom. The van der Waals surface area contributed by atoms with Crippen molar-refractivity contribution in [3.05, 3.63) is 44.1 Å². The Bertz CT molecular complexity index is 682. The standard InChI is InChI=1S/C12H10Br2N4O2/c1-6-2-10(17-16-6)12(20)18-15-5-7-3-11(19)9(14)4-8(7)13/h2-5,19H,1H3,(H,16,17)(H,18,20)/b15-5+. The van der Waals surface area contributed by atoms with Crippen molar-refractivity contribution in [3.63, 3.8) is 0 Å². The highest BCUT2D eigenvalue weighted by Gasteiger charge is 2.08. The molecule has 0 bridgehead atoms. The number of phenolic OH excluding ortho intramolecular Hbond substituents is 1. The highest BCUT2D eigenvalue weighted by molar-refractivity contribution is 9.11. The van der Waals surface area contributed by atoms with Crippen molar-refractivity contribution in [2.45, 2.75) is 6.92 Å². The van der Waals surface area contributed by atoms with Gasteiger partial charge in [0.15, 0.2) is 5.69 Å². The number of aromatic hydroxyl groups is 1. The van der Waals surface area contributed by atoms with Gasteiger partial charge in [0.1, 0.15) is 5.75 Å². The summed E-state index contributed by atoms with van der Waals surface area (Å²) in [5.74, 6) is -0.327.